The molecule has 0 aliphatic carbocycles. The van der Waals surface area contributed by atoms with Gasteiger partial charge in [0.25, 0.3) is 5.91 Å². The Kier molecular flexibility index (Phi) is 5.73. The van der Waals surface area contributed by atoms with Crippen molar-refractivity contribution in [2.75, 3.05) is 31.6 Å². The number of nitrogens with one attached hydrogen (secondary N) is 1. The summed E-state index contributed by atoms with van der Waals surface area (Å²) in [7, 11) is 0. The number of piperidine rings is 1. The van der Waals surface area contributed by atoms with Gasteiger partial charge in [-0.15, -0.1) is 0 Å². The number of hydrogen-bond donors (Lipinski definition) is 2. The fourth-order valence-electron chi connectivity index (χ4n) is 3.55. The van der Waals surface area contributed by atoms with E-state index in [2.05, 4.69) is 16.5 Å². The summed E-state index contributed by atoms with van der Waals surface area (Å²) < 4.78 is 25.0. The molecule has 0 unspecified atom stereocenters. The largest absolute Gasteiger partial charge is 0.441 e. The van der Waals surface area contributed by atoms with Gasteiger partial charge in [0, 0.05) is 25.0 Å². The molecule has 3 heterocycles. The van der Waals surface area contributed by atoms with Crippen LogP contribution < -0.4 is 11.1 Å². The molecule has 10 nitrogen and oxygen atoms in total. The van der Waals surface area contributed by atoms with Crippen molar-refractivity contribution in [2.45, 2.75) is 18.6 Å². The second kappa shape index (κ2) is 8.61. The molecule has 2 atom stereocenters. The number of carbonyl (C=O) groups is 2. The lowest BCUT2D eigenvalue weighted by molar-refractivity contribution is -0.106. The minimum atomic E-state index is -0.687. The average molecular weight is 428 g/mol. The Balaban J connectivity index is 1.50. The smallest absolute Gasteiger partial charge is 0.410 e. The third-order valence-electron chi connectivity index (χ3n) is 5.32. The standard InChI is InChI=1S/C20H21FN6O4/c21-13-1-3-14(4-2-13)24-19-16(18(23)28)9-27(25-19)17-5-6-26(8-12(17)7-22)20(29)31-15-10-30-11-15/h1-4,9,12,15,17H,5-6,8,10-11H2,(H2,23,28)(H,24,25)/t12-,17+/m1/s1. The lowest BCUT2D eigenvalue weighted by Crippen LogP contribution is -2.47. The number of rotatable bonds is 5. The van der Waals surface area contributed by atoms with Gasteiger partial charge in [0.1, 0.15) is 11.4 Å². The number of benzene rings is 1. The molecule has 0 radical (unpaired) electrons. The highest BCUT2D eigenvalue weighted by molar-refractivity contribution is 5.98. The van der Waals surface area contributed by atoms with Gasteiger partial charge in [-0.1, -0.05) is 0 Å². The van der Waals surface area contributed by atoms with E-state index in [1.807, 2.05) is 0 Å². The zero-order chi connectivity index (χ0) is 22.0. The number of hydrogen-bond acceptors (Lipinski definition) is 7. The number of anilines is 2. The van der Waals surface area contributed by atoms with E-state index in [0.29, 0.717) is 31.9 Å². The maximum Gasteiger partial charge on any atom is 0.410 e. The van der Waals surface area contributed by atoms with Gasteiger partial charge < -0.3 is 25.4 Å². The highest BCUT2D eigenvalue weighted by Crippen LogP contribution is 2.30. The molecule has 0 saturated carbocycles. The molecule has 0 bridgehead atoms. The number of halogens is 1. The van der Waals surface area contributed by atoms with Crippen molar-refractivity contribution < 1.29 is 23.5 Å². The van der Waals surface area contributed by atoms with Crippen LogP contribution in [0.25, 0.3) is 0 Å². The fraction of sp³-hybridized carbons (Fsp3) is 0.400. The van der Waals surface area contributed by atoms with Crippen molar-refractivity contribution in [1.82, 2.24) is 14.7 Å². The third kappa shape index (κ3) is 4.44. The molecule has 0 spiro atoms. The summed E-state index contributed by atoms with van der Waals surface area (Å²) in [6, 6.07) is 7.43. The normalized spacial score (nSPS) is 21.1. The van der Waals surface area contributed by atoms with Gasteiger partial charge in [-0.25, -0.2) is 9.18 Å². The van der Waals surface area contributed by atoms with Gasteiger partial charge in [0.2, 0.25) is 0 Å². The Morgan fingerprint density at radius 1 is 1.32 bits per heavy atom. The molecule has 162 valence electrons. The zero-order valence-corrected chi connectivity index (χ0v) is 16.5. The minimum absolute atomic E-state index is 0.146. The highest BCUT2D eigenvalue weighted by Gasteiger charge is 2.36. The second-order valence-corrected chi connectivity index (χ2v) is 7.45. The predicted octanol–water partition coefficient (Wildman–Crippen LogP) is 1.79. The molecule has 2 aliphatic rings. The SMILES string of the molecule is N#C[C@@H]1CN(C(=O)OC2COC2)CC[C@@H]1n1cc(C(N)=O)c(Nc2ccc(F)cc2)n1. The first kappa shape index (κ1) is 20.6. The molecule has 1 aromatic heterocycles. The summed E-state index contributed by atoms with van der Waals surface area (Å²) in [6.45, 7) is 1.33. The Bertz CT molecular complexity index is 1010. The Labute approximate surface area is 177 Å². The van der Waals surface area contributed by atoms with Crippen molar-refractivity contribution in [3.8, 4) is 6.07 Å². The number of ether oxygens (including phenoxy) is 2. The molecule has 1 aromatic carbocycles. The van der Waals surface area contributed by atoms with E-state index in [1.165, 1.54) is 40.0 Å². The van der Waals surface area contributed by atoms with Crippen molar-refractivity contribution in [3.05, 3.63) is 41.8 Å². The van der Waals surface area contributed by atoms with E-state index in [1.54, 1.807) is 0 Å². The fourth-order valence-corrected chi connectivity index (χ4v) is 3.55. The lowest BCUT2D eigenvalue weighted by Gasteiger charge is -2.36. The van der Waals surface area contributed by atoms with E-state index in [4.69, 9.17) is 15.2 Å². The predicted molar refractivity (Wildman–Crippen MR) is 106 cm³/mol. The Hall–Kier alpha value is -3.65. The van der Waals surface area contributed by atoms with Gasteiger partial charge in [-0.05, 0) is 30.7 Å². The van der Waals surface area contributed by atoms with E-state index in [-0.39, 0.29) is 30.1 Å². The molecule has 3 N–H and O–H groups in total. The van der Waals surface area contributed by atoms with Crippen molar-refractivity contribution in [1.29, 1.82) is 5.26 Å². The van der Waals surface area contributed by atoms with Crippen LogP contribution in [0.2, 0.25) is 0 Å². The number of nitrogens with two attached hydrogens (primary N) is 1. The van der Waals surface area contributed by atoms with Crippen LogP contribution in [-0.2, 0) is 9.47 Å². The maximum absolute atomic E-state index is 13.1. The van der Waals surface area contributed by atoms with Crippen LogP contribution in [-0.4, -0.2) is 59.1 Å². The molecular formula is C20H21FN6O4. The monoisotopic (exact) mass is 428 g/mol. The Morgan fingerprint density at radius 3 is 2.68 bits per heavy atom. The van der Waals surface area contributed by atoms with E-state index < -0.39 is 23.7 Å². The number of aromatic nitrogens is 2. The second-order valence-electron chi connectivity index (χ2n) is 7.45. The Morgan fingerprint density at radius 2 is 2.06 bits per heavy atom. The number of primary amides is 1. The summed E-state index contributed by atoms with van der Waals surface area (Å²) in [4.78, 5) is 25.7. The summed E-state index contributed by atoms with van der Waals surface area (Å²) in [5, 5.41) is 17.1. The van der Waals surface area contributed by atoms with Crippen LogP contribution in [0.3, 0.4) is 0 Å². The molecule has 31 heavy (non-hydrogen) atoms. The molecule has 2 aromatic rings. The molecule has 2 saturated heterocycles. The minimum Gasteiger partial charge on any atom is -0.441 e. The first-order valence-corrected chi connectivity index (χ1v) is 9.79. The van der Waals surface area contributed by atoms with Crippen molar-refractivity contribution in [3.63, 3.8) is 0 Å². The van der Waals surface area contributed by atoms with Gasteiger partial charge in [-0.3, -0.25) is 9.48 Å². The number of amides is 2. The summed E-state index contributed by atoms with van der Waals surface area (Å²) in [5.41, 5.74) is 6.17. The molecule has 11 heteroatoms. The van der Waals surface area contributed by atoms with Crippen LogP contribution in [0.4, 0.5) is 20.7 Å². The van der Waals surface area contributed by atoms with Gasteiger partial charge in [0.15, 0.2) is 11.9 Å². The van der Waals surface area contributed by atoms with Gasteiger partial charge in [0.05, 0.1) is 31.2 Å². The van der Waals surface area contributed by atoms with Crippen LogP contribution in [0.5, 0.6) is 0 Å². The molecular weight excluding hydrogens is 407 g/mol. The van der Waals surface area contributed by atoms with E-state index in [0.717, 1.165) is 0 Å². The lowest BCUT2D eigenvalue weighted by atomic mass is 9.94. The average Bonchev–Trinajstić information content (AvgIpc) is 3.15. The number of carbonyl (C=O) groups excluding carboxylic acids is 2. The summed E-state index contributed by atoms with van der Waals surface area (Å²) in [5.74, 6) is -1.42. The van der Waals surface area contributed by atoms with E-state index in [9.17, 15) is 19.2 Å². The topological polar surface area (TPSA) is 136 Å². The van der Waals surface area contributed by atoms with Crippen molar-refractivity contribution in [2.24, 2.45) is 11.7 Å². The number of likely N-dealkylation sites (tertiary alicyclic amines) is 1. The van der Waals surface area contributed by atoms with Crippen LogP contribution in [0.1, 0.15) is 22.8 Å². The first-order chi connectivity index (χ1) is 14.9. The number of nitrogens with zero attached hydrogens (tertiary/aromatic N) is 4. The quantitative estimate of drug-likeness (QED) is 0.741. The molecule has 2 amide bonds. The summed E-state index contributed by atoms with van der Waals surface area (Å²) in [6.07, 6.45) is 1.23. The van der Waals surface area contributed by atoms with Gasteiger partial charge in [-0.2, -0.15) is 10.4 Å². The number of nitriles is 1. The van der Waals surface area contributed by atoms with Gasteiger partial charge >= 0.3 is 6.09 Å². The van der Waals surface area contributed by atoms with Crippen molar-refractivity contribution >= 4 is 23.5 Å². The summed E-state index contributed by atoms with van der Waals surface area (Å²) >= 11 is 0. The first-order valence-electron chi connectivity index (χ1n) is 9.79. The molecule has 4 rings (SSSR count). The van der Waals surface area contributed by atoms with Crippen LogP contribution in [0, 0.1) is 23.1 Å². The highest BCUT2D eigenvalue weighted by atomic mass is 19.1. The maximum atomic E-state index is 13.1. The third-order valence-corrected chi connectivity index (χ3v) is 5.32. The molecule has 2 fully saturated rings. The molecule has 2 aliphatic heterocycles. The van der Waals surface area contributed by atoms with Crippen LogP contribution >= 0.6 is 0 Å². The van der Waals surface area contributed by atoms with Crippen LogP contribution in [0.15, 0.2) is 30.5 Å². The van der Waals surface area contributed by atoms with E-state index >= 15 is 0 Å². The zero-order valence-electron chi connectivity index (χ0n) is 16.5.